The Kier molecular flexibility index (Phi) is 6.08. The van der Waals surface area contributed by atoms with E-state index in [2.05, 4.69) is 21.8 Å². The summed E-state index contributed by atoms with van der Waals surface area (Å²) in [4.78, 5) is 0. The molecule has 1 rings (SSSR count). The van der Waals surface area contributed by atoms with Crippen molar-refractivity contribution in [1.29, 1.82) is 0 Å². The van der Waals surface area contributed by atoms with Gasteiger partial charge in [-0.05, 0) is 13.3 Å². The van der Waals surface area contributed by atoms with Gasteiger partial charge in [0, 0.05) is 29.1 Å². The molecule has 0 fully saturated rings. The summed E-state index contributed by atoms with van der Waals surface area (Å²) in [5.41, 5.74) is 0.996. The summed E-state index contributed by atoms with van der Waals surface area (Å²) >= 11 is 3.11. The number of hydrogen-bond acceptors (Lipinski definition) is 6. The van der Waals surface area contributed by atoms with E-state index in [-0.39, 0.29) is 11.4 Å². The molecule has 2 unspecified atom stereocenters. The van der Waals surface area contributed by atoms with E-state index in [4.69, 9.17) is 0 Å². The molecule has 0 radical (unpaired) electrons. The van der Waals surface area contributed by atoms with Crippen molar-refractivity contribution in [3.05, 3.63) is 5.69 Å². The summed E-state index contributed by atoms with van der Waals surface area (Å²) in [7, 11) is 0. The second-order valence-electron chi connectivity index (χ2n) is 3.73. The van der Waals surface area contributed by atoms with E-state index in [1.165, 1.54) is 11.5 Å². The lowest BCUT2D eigenvalue weighted by atomic mass is 10.3. The first-order chi connectivity index (χ1) is 7.65. The number of rotatable bonds is 7. The van der Waals surface area contributed by atoms with Gasteiger partial charge in [-0.15, -0.1) is 16.9 Å². The molecule has 4 nitrogen and oxygen atoms in total. The number of aliphatic hydroxyl groups is 1. The van der Waals surface area contributed by atoms with Crippen molar-refractivity contribution in [2.45, 2.75) is 44.3 Å². The SMILES string of the molecule is CCCNc1snnc1CSC(C)C(C)O. The molecule has 1 aromatic rings. The van der Waals surface area contributed by atoms with Crippen molar-refractivity contribution in [3.8, 4) is 0 Å². The Labute approximate surface area is 105 Å². The first kappa shape index (κ1) is 13.7. The predicted octanol–water partition coefficient (Wildman–Crippen LogP) is 2.36. The first-order valence-corrected chi connectivity index (χ1v) is 7.32. The molecule has 0 saturated heterocycles. The fourth-order valence-electron chi connectivity index (χ4n) is 1.03. The molecule has 0 aliphatic rings. The molecule has 2 N–H and O–H groups in total. The minimum absolute atomic E-state index is 0.223. The van der Waals surface area contributed by atoms with Crippen LogP contribution in [0.25, 0.3) is 0 Å². The Morgan fingerprint density at radius 3 is 2.88 bits per heavy atom. The maximum absolute atomic E-state index is 9.39. The van der Waals surface area contributed by atoms with Crippen LogP contribution in [0.15, 0.2) is 0 Å². The quantitative estimate of drug-likeness (QED) is 0.789. The average molecular weight is 261 g/mol. The highest BCUT2D eigenvalue weighted by atomic mass is 32.2. The monoisotopic (exact) mass is 261 g/mol. The van der Waals surface area contributed by atoms with Crippen molar-refractivity contribution in [1.82, 2.24) is 9.59 Å². The Balaban J connectivity index is 2.44. The summed E-state index contributed by atoms with van der Waals surface area (Å²) in [6, 6.07) is 0. The van der Waals surface area contributed by atoms with Crippen LogP contribution < -0.4 is 5.32 Å². The Morgan fingerprint density at radius 1 is 1.50 bits per heavy atom. The van der Waals surface area contributed by atoms with Crippen LogP contribution in [-0.2, 0) is 5.75 Å². The molecule has 1 aromatic heterocycles. The second kappa shape index (κ2) is 7.09. The van der Waals surface area contributed by atoms with Gasteiger partial charge in [0.1, 0.15) is 10.7 Å². The number of nitrogens with one attached hydrogen (secondary N) is 1. The molecule has 1 heterocycles. The largest absolute Gasteiger partial charge is 0.392 e. The number of anilines is 1. The van der Waals surface area contributed by atoms with Crippen molar-refractivity contribution in [3.63, 3.8) is 0 Å². The molecular weight excluding hydrogens is 242 g/mol. The maximum atomic E-state index is 9.39. The van der Waals surface area contributed by atoms with Crippen LogP contribution in [0.4, 0.5) is 5.00 Å². The Bertz CT molecular complexity index is 304. The van der Waals surface area contributed by atoms with Crippen LogP contribution in [-0.4, -0.2) is 32.6 Å². The lowest BCUT2D eigenvalue weighted by molar-refractivity contribution is 0.196. The zero-order chi connectivity index (χ0) is 12.0. The fraction of sp³-hybridized carbons (Fsp3) is 0.800. The molecule has 16 heavy (non-hydrogen) atoms. The van der Waals surface area contributed by atoms with Crippen LogP contribution >= 0.6 is 23.3 Å². The van der Waals surface area contributed by atoms with Gasteiger partial charge in [0.05, 0.1) is 6.10 Å². The zero-order valence-electron chi connectivity index (χ0n) is 9.93. The van der Waals surface area contributed by atoms with Crippen LogP contribution in [0.5, 0.6) is 0 Å². The number of hydrogen-bond donors (Lipinski definition) is 2. The predicted molar refractivity (Wildman–Crippen MR) is 71.1 cm³/mol. The zero-order valence-corrected chi connectivity index (χ0v) is 11.6. The van der Waals surface area contributed by atoms with Gasteiger partial charge in [0.15, 0.2) is 0 Å². The molecule has 0 amide bonds. The third-order valence-corrected chi connectivity index (χ3v) is 4.34. The smallest absolute Gasteiger partial charge is 0.134 e. The van der Waals surface area contributed by atoms with Crippen molar-refractivity contribution >= 4 is 28.3 Å². The highest BCUT2D eigenvalue weighted by Crippen LogP contribution is 2.25. The summed E-state index contributed by atoms with van der Waals surface area (Å²) in [5, 5.41) is 18.1. The average Bonchev–Trinajstić information content (AvgIpc) is 2.70. The highest BCUT2D eigenvalue weighted by Gasteiger charge is 2.13. The molecule has 92 valence electrons. The van der Waals surface area contributed by atoms with E-state index in [0.717, 1.165) is 29.4 Å². The van der Waals surface area contributed by atoms with Crippen LogP contribution in [0.2, 0.25) is 0 Å². The topological polar surface area (TPSA) is 58.0 Å². The van der Waals surface area contributed by atoms with E-state index in [1.54, 1.807) is 11.8 Å². The normalized spacial score (nSPS) is 14.8. The van der Waals surface area contributed by atoms with E-state index >= 15 is 0 Å². The van der Waals surface area contributed by atoms with Crippen molar-refractivity contribution in [2.75, 3.05) is 11.9 Å². The standard InChI is InChI=1S/C10H19N3OS2/c1-4-5-11-10-9(12-13-16-10)6-15-8(3)7(2)14/h7-8,11,14H,4-6H2,1-3H3. The summed E-state index contributed by atoms with van der Waals surface area (Å²) in [6.07, 6.45) is 0.804. The lowest BCUT2D eigenvalue weighted by Gasteiger charge is -2.13. The van der Waals surface area contributed by atoms with Crippen molar-refractivity contribution < 1.29 is 5.11 Å². The first-order valence-electron chi connectivity index (χ1n) is 5.50. The van der Waals surface area contributed by atoms with E-state index in [0.29, 0.717) is 0 Å². The van der Waals surface area contributed by atoms with Crippen LogP contribution in [0.1, 0.15) is 32.9 Å². The van der Waals surface area contributed by atoms with E-state index in [1.807, 2.05) is 13.8 Å². The summed E-state index contributed by atoms with van der Waals surface area (Å²) in [5.74, 6) is 0.800. The molecule has 0 spiro atoms. The van der Waals surface area contributed by atoms with Crippen LogP contribution in [0.3, 0.4) is 0 Å². The Hall–Kier alpha value is -0.330. The van der Waals surface area contributed by atoms with Gasteiger partial charge in [-0.2, -0.15) is 0 Å². The molecule has 6 heteroatoms. The minimum Gasteiger partial charge on any atom is -0.392 e. The highest BCUT2D eigenvalue weighted by molar-refractivity contribution is 7.99. The van der Waals surface area contributed by atoms with Gasteiger partial charge in [0.25, 0.3) is 0 Å². The molecule has 0 bridgehead atoms. The third kappa shape index (κ3) is 4.27. The van der Waals surface area contributed by atoms with Gasteiger partial charge >= 0.3 is 0 Å². The Morgan fingerprint density at radius 2 is 2.25 bits per heavy atom. The number of nitrogens with zero attached hydrogens (tertiary/aromatic N) is 2. The van der Waals surface area contributed by atoms with Gasteiger partial charge in [-0.25, -0.2) is 0 Å². The molecular formula is C10H19N3OS2. The maximum Gasteiger partial charge on any atom is 0.134 e. The molecule has 0 aliphatic carbocycles. The fourth-order valence-corrected chi connectivity index (χ4v) is 2.62. The van der Waals surface area contributed by atoms with Gasteiger partial charge in [0.2, 0.25) is 0 Å². The van der Waals surface area contributed by atoms with Crippen LogP contribution in [0, 0.1) is 0 Å². The summed E-state index contributed by atoms with van der Waals surface area (Å²) in [6.45, 7) is 6.92. The second-order valence-corrected chi connectivity index (χ2v) is 5.85. The van der Waals surface area contributed by atoms with Crippen molar-refractivity contribution in [2.24, 2.45) is 0 Å². The number of aliphatic hydroxyl groups excluding tert-OH is 1. The minimum atomic E-state index is -0.288. The van der Waals surface area contributed by atoms with E-state index in [9.17, 15) is 5.11 Å². The molecule has 0 aliphatic heterocycles. The molecule has 2 atom stereocenters. The number of aromatic nitrogens is 2. The van der Waals surface area contributed by atoms with E-state index < -0.39 is 0 Å². The van der Waals surface area contributed by atoms with Gasteiger partial charge in [-0.3, -0.25) is 0 Å². The molecule has 0 saturated carbocycles. The number of thioether (sulfide) groups is 1. The molecule has 0 aromatic carbocycles. The third-order valence-electron chi connectivity index (χ3n) is 2.25. The van der Waals surface area contributed by atoms with Gasteiger partial charge in [-0.1, -0.05) is 18.3 Å². The van der Waals surface area contributed by atoms with Gasteiger partial charge < -0.3 is 10.4 Å². The lowest BCUT2D eigenvalue weighted by Crippen LogP contribution is -2.15. The summed E-state index contributed by atoms with van der Waals surface area (Å²) < 4.78 is 3.95.